The Bertz CT molecular complexity index is 2230. The predicted octanol–water partition coefficient (Wildman–Crippen LogP) is 5.48. The van der Waals surface area contributed by atoms with Crippen molar-refractivity contribution in [2.75, 3.05) is 27.2 Å². The Hall–Kier alpha value is -4.81. The van der Waals surface area contributed by atoms with Gasteiger partial charge in [-0.05, 0) is 36.6 Å². The van der Waals surface area contributed by atoms with Crippen LogP contribution in [0, 0.1) is 0 Å². The summed E-state index contributed by atoms with van der Waals surface area (Å²) in [7, 11) is 3.41. The summed E-state index contributed by atoms with van der Waals surface area (Å²) in [6.45, 7) is 2.18. The second kappa shape index (κ2) is 15.4. The zero-order valence-corrected chi connectivity index (χ0v) is 30.4. The number of carbonyl (C=O) groups excluding carboxylic acids is 2. The average molecular weight is 741 g/mol. The second-order valence-corrected chi connectivity index (χ2v) is 13.9. The summed E-state index contributed by atoms with van der Waals surface area (Å²) in [5.41, 5.74) is 6.24. The van der Waals surface area contributed by atoms with E-state index < -0.39 is 0 Å². The van der Waals surface area contributed by atoms with E-state index in [4.69, 9.17) is 32.9 Å². The molecule has 2 aliphatic heterocycles. The number of fused-ring (bicyclic) bond motifs is 1. The van der Waals surface area contributed by atoms with Gasteiger partial charge in [-0.1, -0.05) is 65.7 Å². The first-order valence-corrected chi connectivity index (χ1v) is 18.1. The second-order valence-electron chi connectivity index (χ2n) is 13.2. The van der Waals surface area contributed by atoms with Crippen LogP contribution in [0.25, 0.3) is 39.2 Å². The highest BCUT2D eigenvalue weighted by Crippen LogP contribution is 2.42. The van der Waals surface area contributed by atoms with E-state index in [9.17, 15) is 14.4 Å². The zero-order valence-electron chi connectivity index (χ0n) is 28.9. The molecule has 7 rings (SSSR count). The molecule has 0 radical (unpaired) electrons. The molecule has 2 aromatic carbocycles. The van der Waals surface area contributed by atoms with Crippen LogP contribution in [0.5, 0.6) is 5.88 Å². The monoisotopic (exact) mass is 739 g/mol. The van der Waals surface area contributed by atoms with Gasteiger partial charge in [0.1, 0.15) is 5.65 Å². The van der Waals surface area contributed by atoms with Crippen LogP contribution in [0.2, 0.25) is 10.0 Å². The molecule has 2 fully saturated rings. The lowest BCUT2D eigenvalue weighted by Gasteiger charge is -2.20. The Kier molecular flexibility index (Phi) is 10.6. The Morgan fingerprint density at radius 2 is 1.58 bits per heavy atom. The fourth-order valence-electron chi connectivity index (χ4n) is 6.92. The van der Waals surface area contributed by atoms with Gasteiger partial charge < -0.3 is 25.6 Å². The molecule has 0 spiro atoms. The van der Waals surface area contributed by atoms with Gasteiger partial charge in [-0.3, -0.25) is 18.8 Å². The number of ether oxygens (including phenoxy) is 1. The minimum absolute atomic E-state index is 0.0922. The van der Waals surface area contributed by atoms with Gasteiger partial charge in [0.25, 0.3) is 5.56 Å². The topological polar surface area (TPSA) is 130 Å². The van der Waals surface area contributed by atoms with Crippen molar-refractivity contribution in [3.05, 3.63) is 105 Å². The number of pyridine rings is 2. The van der Waals surface area contributed by atoms with Gasteiger partial charge in [0, 0.05) is 104 Å². The minimum Gasteiger partial charge on any atom is -0.481 e. The number of likely N-dealkylation sites (tertiary alicyclic amines) is 1. The molecule has 2 atom stereocenters. The summed E-state index contributed by atoms with van der Waals surface area (Å²) < 4.78 is 7.18. The number of carbonyl (C=O) groups is 2. The van der Waals surface area contributed by atoms with Crippen LogP contribution >= 0.6 is 23.2 Å². The maximum atomic E-state index is 13.3. The fraction of sp³-hybridized carbons (Fsp3) is 0.308. The minimum atomic E-state index is -0.156. The molecule has 0 unspecified atom stereocenters. The molecule has 5 heterocycles. The third-order valence-corrected chi connectivity index (χ3v) is 10.7. The molecule has 0 bridgehead atoms. The van der Waals surface area contributed by atoms with E-state index in [-0.39, 0.29) is 29.5 Å². The molecule has 2 saturated heterocycles. The quantitative estimate of drug-likeness (QED) is 0.153. The number of aromatic nitrogens is 3. The number of halogens is 2. The Labute approximate surface area is 311 Å². The van der Waals surface area contributed by atoms with Crippen molar-refractivity contribution in [2.45, 2.75) is 50.9 Å². The zero-order chi connectivity index (χ0) is 36.4. The van der Waals surface area contributed by atoms with Gasteiger partial charge in [-0.15, -0.1) is 0 Å². The van der Waals surface area contributed by atoms with Crippen molar-refractivity contribution in [1.29, 1.82) is 0 Å². The van der Waals surface area contributed by atoms with E-state index in [0.29, 0.717) is 71.9 Å². The molecule has 0 aliphatic carbocycles. The number of nitrogens with zero attached hydrogens (tertiary/aromatic N) is 4. The predicted molar refractivity (Wildman–Crippen MR) is 203 cm³/mol. The highest BCUT2D eigenvalue weighted by atomic mass is 35.5. The molecular formula is C39H39Cl2N7O4. The molecule has 5 aromatic rings. The van der Waals surface area contributed by atoms with E-state index >= 15 is 0 Å². The third kappa shape index (κ3) is 7.27. The van der Waals surface area contributed by atoms with Crippen molar-refractivity contribution >= 4 is 40.7 Å². The molecule has 0 saturated carbocycles. The number of likely N-dealkylation sites (N-methyl/N-ethyl adjacent to an activating group) is 1. The number of methoxy groups -OCH3 is 1. The van der Waals surface area contributed by atoms with E-state index in [1.165, 1.54) is 4.40 Å². The van der Waals surface area contributed by atoms with Crippen LogP contribution in [0.1, 0.15) is 36.8 Å². The smallest absolute Gasteiger partial charge is 0.262 e. The third-order valence-electron chi connectivity index (χ3n) is 9.91. The average Bonchev–Trinajstić information content (AvgIpc) is 3.72. The van der Waals surface area contributed by atoms with Crippen LogP contribution < -0.4 is 26.2 Å². The highest BCUT2D eigenvalue weighted by molar-refractivity contribution is 6.39. The molecule has 13 heteroatoms. The van der Waals surface area contributed by atoms with Crippen molar-refractivity contribution in [3.63, 3.8) is 0 Å². The molecule has 52 heavy (non-hydrogen) atoms. The van der Waals surface area contributed by atoms with Gasteiger partial charge >= 0.3 is 0 Å². The summed E-state index contributed by atoms with van der Waals surface area (Å²) >= 11 is 14.2. The van der Waals surface area contributed by atoms with Crippen LogP contribution in [0.4, 0.5) is 0 Å². The van der Waals surface area contributed by atoms with Crippen LogP contribution in [0.15, 0.2) is 77.9 Å². The molecule has 3 aromatic heterocycles. The lowest BCUT2D eigenvalue weighted by atomic mass is 9.97. The molecule has 11 nitrogen and oxygen atoms in total. The molecule has 268 valence electrons. The van der Waals surface area contributed by atoms with E-state index in [1.54, 1.807) is 24.4 Å². The number of rotatable bonds is 12. The standard InChI is InChI=1S/C39H39Cl2N7O4/c1-47-27(11-14-35(47)50)22-43-19-25-20-44-33-17-23(15-16-48(33)39(25)51)28-5-3-6-29(36(28)40)30-7-4-8-31(37(30)41)32-12-9-24(38(46-32)52-2)18-42-21-26-10-13-34(49)45-26/h3-9,12,15-17,20,26-27,42-43H,10-11,13-14,18-19,21-22H2,1-2H3,(H,45,49)/t26-,27+/m1/s1. The summed E-state index contributed by atoms with van der Waals surface area (Å²) in [5, 5.41) is 10.7. The van der Waals surface area contributed by atoms with Gasteiger partial charge in [0.05, 0.1) is 22.8 Å². The van der Waals surface area contributed by atoms with Gasteiger partial charge in [-0.25, -0.2) is 9.97 Å². The van der Waals surface area contributed by atoms with Crippen LogP contribution in [0.3, 0.4) is 0 Å². The summed E-state index contributed by atoms with van der Waals surface area (Å²) in [6.07, 6.45) is 6.08. The van der Waals surface area contributed by atoms with Crippen molar-refractivity contribution in [1.82, 2.24) is 35.2 Å². The molecule has 3 N–H and O–H groups in total. The molecular weight excluding hydrogens is 701 g/mol. The van der Waals surface area contributed by atoms with Crippen molar-refractivity contribution in [3.8, 4) is 39.4 Å². The SMILES string of the molecule is COc1nc(-c2cccc(-c3cccc(-c4ccn5c(=O)c(CNC[C@@H]6CCC(=O)N6C)cnc5c4)c3Cl)c2Cl)ccc1CNC[C@H]1CCC(=O)N1. The number of hydrogen-bond acceptors (Lipinski definition) is 8. The first-order chi connectivity index (χ1) is 25.2. The fourth-order valence-corrected chi connectivity index (χ4v) is 7.58. The highest BCUT2D eigenvalue weighted by Gasteiger charge is 2.27. The normalized spacial score (nSPS) is 17.3. The summed E-state index contributed by atoms with van der Waals surface area (Å²) in [4.78, 5) is 47.8. The van der Waals surface area contributed by atoms with Gasteiger partial charge in [0.2, 0.25) is 17.7 Å². The Morgan fingerprint density at radius 3 is 2.29 bits per heavy atom. The van der Waals surface area contributed by atoms with E-state index in [0.717, 1.165) is 46.2 Å². The first-order valence-electron chi connectivity index (χ1n) is 17.3. The molecule has 2 aliphatic rings. The van der Waals surface area contributed by atoms with Gasteiger partial charge in [0.15, 0.2) is 0 Å². The van der Waals surface area contributed by atoms with Crippen molar-refractivity contribution in [2.24, 2.45) is 0 Å². The lowest BCUT2D eigenvalue weighted by Crippen LogP contribution is -2.37. The Morgan fingerprint density at radius 1 is 0.865 bits per heavy atom. The first kappa shape index (κ1) is 35.6. The number of benzene rings is 2. The maximum absolute atomic E-state index is 13.3. The number of nitrogens with one attached hydrogen (secondary N) is 3. The van der Waals surface area contributed by atoms with Gasteiger partial charge in [-0.2, -0.15) is 0 Å². The van der Waals surface area contributed by atoms with Crippen LogP contribution in [-0.2, 0) is 22.7 Å². The van der Waals surface area contributed by atoms with Crippen molar-refractivity contribution < 1.29 is 14.3 Å². The molecule has 2 amide bonds. The van der Waals surface area contributed by atoms with Crippen LogP contribution in [-0.4, -0.2) is 70.4 Å². The lowest BCUT2D eigenvalue weighted by molar-refractivity contribution is -0.127. The number of hydrogen-bond donors (Lipinski definition) is 3. The van der Waals surface area contributed by atoms with E-state index in [2.05, 4.69) is 20.9 Å². The van der Waals surface area contributed by atoms with E-state index in [1.807, 2.05) is 67.7 Å². The summed E-state index contributed by atoms with van der Waals surface area (Å²) in [6, 6.07) is 19.4. The maximum Gasteiger partial charge on any atom is 0.262 e. The summed E-state index contributed by atoms with van der Waals surface area (Å²) in [5.74, 6) is 0.731. The Balaban J connectivity index is 1.10. The largest absolute Gasteiger partial charge is 0.481 e. The number of amides is 2.